The molecular weight excluding hydrogens is 416 g/mol. The number of hydrogen-bond acceptors (Lipinski definition) is 5. The van der Waals surface area contributed by atoms with Gasteiger partial charge in [0.1, 0.15) is 11.9 Å². The second-order valence-electron chi connectivity index (χ2n) is 8.98. The zero-order valence-corrected chi connectivity index (χ0v) is 18.4. The van der Waals surface area contributed by atoms with Crippen molar-refractivity contribution in [3.05, 3.63) is 66.2 Å². The van der Waals surface area contributed by atoms with Gasteiger partial charge in [-0.2, -0.15) is 4.98 Å². The van der Waals surface area contributed by atoms with Crippen molar-refractivity contribution in [1.29, 1.82) is 0 Å². The molecule has 7 nitrogen and oxygen atoms in total. The first-order valence-electron chi connectivity index (χ1n) is 11.7. The zero-order chi connectivity index (χ0) is 22.2. The number of nitrogens with zero attached hydrogens (tertiary/aromatic N) is 3. The van der Waals surface area contributed by atoms with Crippen LogP contribution < -0.4 is 4.74 Å². The van der Waals surface area contributed by atoms with Crippen LogP contribution >= 0.6 is 0 Å². The average Bonchev–Trinajstić information content (AvgIpc) is 3.24. The van der Waals surface area contributed by atoms with Crippen LogP contribution in [-0.2, 0) is 11.2 Å². The van der Waals surface area contributed by atoms with Crippen molar-refractivity contribution in [2.24, 2.45) is 0 Å². The van der Waals surface area contributed by atoms with Crippen LogP contribution in [0.5, 0.6) is 5.75 Å². The highest BCUT2D eigenvalue weighted by Crippen LogP contribution is 2.39. The Bertz CT molecular complexity index is 1270. The van der Waals surface area contributed by atoms with Gasteiger partial charge in [0.05, 0.1) is 6.54 Å². The minimum absolute atomic E-state index is 0.0135. The van der Waals surface area contributed by atoms with Crippen LogP contribution in [0.3, 0.4) is 0 Å². The highest BCUT2D eigenvalue weighted by Gasteiger charge is 2.30. The molecule has 1 atom stereocenters. The van der Waals surface area contributed by atoms with Crippen LogP contribution in [0.15, 0.2) is 59.3 Å². The summed E-state index contributed by atoms with van der Waals surface area (Å²) in [5.41, 5.74) is 3.22. The molecule has 2 aromatic carbocycles. The number of fused-ring (bicyclic) bond motifs is 1. The van der Waals surface area contributed by atoms with Crippen LogP contribution in [0.1, 0.15) is 43.1 Å². The average molecular weight is 443 g/mol. The smallest absolute Gasteiger partial charge is 0.230 e. The SMILES string of the molecule is O=C(CCc1c[nH]c2ccccc12)N1CCC(Oc2ccc(-c3noc(C4CC4)n3)cc2)C1. The van der Waals surface area contributed by atoms with E-state index in [9.17, 15) is 4.79 Å². The van der Waals surface area contributed by atoms with Gasteiger partial charge in [-0.15, -0.1) is 0 Å². The summed E-state index contributed by atoms with van der Waals surface area (Å²) in [5.74, 6) is 2.79. The monoisotopic (exact) mass is 442 g/mol. The van der Waals surface area contributed by atoms with Gasteiger partial charge in [0.25, 0.3) is 0 Å². The Labute approximate surface area is 191 Å². The lowest BCUT2D eigenvalue weighted by atomic mass is 10.1. The van der Waals surface area contributed by atoms with E-state index in [2.05, 4.69) is 27.3 Å². The Balaban J connectivity index is 1.02. The molecule has 1 amide bonds. The molecule has 2 fully saturated rings. The standard InChI is InChI=1S/C26H26N4O3/c31-24(12-9-19-15-27-23-4-2-1-3-22(19)23)30-14-13-21(16-30)32-20-10-7-17(8-11-20)25-28-26(33-29-25)18-5-6-18/h1-4,7-8,10-11,15,18,21,27H,5-6,9,12-14,16H2. The fourth-order valence-electron chi connectivity index (χ4n) is 4.51. The van der Waals surface area contributed by atoms with Crippen molar-refractivity contribution in [3.63, 3.8) is 0 Å². The molecule has 1 aliphatic heterocycles. The maximum atomic E-state index is 12.8. The molecule has 3 heterocycles. The highest BCUT2D eigenvalue weighted by molar-refractivity contribution is 5.84. The molecule has 33 heavy (non-hydrogen) atoms. The minimum Gasteiger partial charge on any atom is -0.489 e. The number of carbonyl (C=O) groups excluding carboxylic acids is 1. The molecule has 6 rings (SSSR count). The second-order valence-corrected chi connectivity index (χ2v) is 8.98. The molecule has 4 aromatic rings. The number of benzene rings is 2. The normalized spacial score (nSPS) is 18.2. The van der Waals surface area contributed by atoms with E-state index in [1.807, 2.05) is 47.5 Å². The van der Waals surface area contributed by atoms with Gasteiger partial charge in [-0.1, -0.05) is 23.4 Å². The van der Waals surface area contributed by atoms with Gasteiger partial charge in [0.15, 0.2) is 0 Å². The van der Waals surface area contributed by atoms with E-state index in [1.54, 1.807) is 0 Å². The number of hydrogen-bond donors (Lipinski definition) is 1. The number of aromatic nitrogens is 3. The molecule has 1 unspecified atom stereocenters. The van der Waals surface area contributed by atoms with Gasteiger partial charge in [-0.25, -0.2) is 0 Å². The van der Waals surface area contributed by atoms with E-state index < -0.39 is 0 Å². The third-order valence-corrected chi connectivity index (χ3v) is 6.56. The maximum Gasteiger partial charge on any atom is 0.230 e. The largest absolute Gasteiger partial charge is 0.489 e. The molecule has 168 valence electrons. The molecule has 0 spiro atoms. The number of para-hydroxylation sites is 1. The first kappa shape index (κ1) is 20.0. The Kier molecular flexibility index (Phi) is 5.09. The van der Waals surface area contributed by atoms with Crippen molar-refractivity contribution >= 4 is 16.8 Å². The lowest BCUT2D eigenvalue weighted by molar-refractivity contribution is -0.130. The van der Waals surface area contributed by atoms with Crippen LogP contribution in [0.2, 0.25) is 0 Å². The van der Waals surface area contributed by atoms with Crippen molar-refractivity contribution in [2.45, 2.75) is 44.1 Å². The van der Waals surface area contributed by atoms with Crippen LogP contribution in [0.4, 0.5) is 0 Å². The maximum absolute atomic E-state index is 12.8. The Morgan fingerprint density at radius 3 is 2.82 bits per heavy atom. The van der Waals surface area contributed by atoms with Crippen LogP contribution in [0, 0.1) is 0 Å². The minimum atomic E-state index is 0.0135. The number of nitrogens with one attached hydrogen (secondary N) is 1. The van der Waals surface area contributed by atoms with Gasteiger partial charge < -0.3 is 19.1 Å². The number of H-pyrrole nitrogens is 1. The lowest BCUT2D eigenvalue weighted by Crippen LogP contribution is -2.31. The first-order valence-corrected chi connectivity index (χ1v) is 11.7. The van der Waals surface area contributed by atoms with Crippen LogP contribution in [0.25, 0.3) is 22.3 Å². The molecule has 7 heteroatoms. The van der Waals surface area contributed by atoms with E-state index in [0.29, 0.717) is 24.7 Å². The van der Waals surface area contributed by atoms with Crippen molar-refractivity contribution < 1.29 is 14.1 Å². The number of aromatic amines is 1. The van der Waals surface area contributed by atoms with Gasteiger partial charge >= 0.3 is 0 Å². The molecular formula is C26H26N4O3. The summed E-state index contributed by atoms with van der Waals surface area (Å²) in [6.07, 6.45) is 6.40. The topological polar surface area (TPSA) is 84.2 Å². The summed E-state index contributed by atoms with van der Waals surface area (Å²) < 4.78 is 11.5. The van der Waals surface area contributed by atoms with E-state index in [0.717, 1.165) is 54.9 Å². The van der Waals surface area contributed by atoms with Gasteiger partial charge in [-0.05, 0) is 55.2 Å². The number of carbonyl (C=O) groups is 1. The number of rotatable bonds is 7. The zero-order valence-electron chi connectivity index (χ0n) is 18.4. The van der Waals surface area contributed by atoms with Gasteiger partial charge in [0.2, 0.25) is 17.6 Å². The van der Waals surface area contributed by atoms with Crippen molar-refractivity contribution in [3.8, 4) is 17.1 Å². The van der Waals surface area contributed by atoms with Gasteiger partial charge in [-0.3, -0.25) is 4.79 Å². The fraction of sp³-hybridized carbons (Fsp3) is 0.346. The molecule has 1 saturated heterocycles. The summed E-state index contributed by atoms with van der Waals surface area (Å²) in [6, 6.07) is 16.0. The lowest BCUT2D eigenvalue weighted by Gasteiger charge is -2.17. The number of aryl methyl sites for hydroxylation is 1. The molecule has 1 saturated carbocycles. The first-order chi connectivity index (χ1) is 16.2. The molecule has 1 aliphatic carbocycles. The van der Waals surface area contributed by atoms with Crippen molar-refractivity contribution in [2.75, 3.05) is 13.1 Å². The summed E-state index contributed by atoms with van der Waals surface area (Å²) >= 11 is 0. The predicted molar refractivity (Wildman–Crippen MR) is 124 cm³/mol. The summed E-state index contributed by atoms with van der Waals surface area (Å²) in [6.45, 7) is 1.37. The van der Waals surface area contributed by atoms with Crippen LogP contribution in [-0.4, -0.2) is 45.1 Å². The van der Waals surface area contributed by atoms with Gasteiger partial charge in [0, 0.05) is 48.0 Å². The van der Waals surface area contributed by atoms with E-state index >= 15 is 0 Å². The van der Waals surface area contributed by atoms with E-state index in [4.69, 9.17) is 9.26 Å². The molecule has 2 aliphatic rings. The number of ether oxygens (including phenoxy) is 1. The predicted octanol–water partition coefficient (Wildman–Crippen LogP) is 4.71. The Morgan fingerprint density at radius 2 is 1.97 bits per heavy atom. The second kappa shape index (κ2) is 8.39. The highest BCUT2D eigenvalue weighted by atomic mass is 16.5. The van der Waals surface area contributed by atoms with E-state index in [1.165, 1.54) is 10.9 Å². The fourth-order valence-corrected chi connectivity index (χ4v) is 4.51. The molecule has 2 aromatic heterocycles. The summed E-state index contributed by atoms with van der Waals surface area (Å²) in [4.78, 5) is 22.5. The number of likely N-dealkylation sites (tertiary alicyclic amines) is 1. The third-order valence-electron chi connectivity index (χ3n) is 6.56. The molecule has 0 bridgehead atoms. The number of amides is 1. The Hall–Kier alpha value is -3.61. The van der Waals surface area contributed by atoms with Crippen molar-refractivity contribution in [1.82, 2.24) is 20.0 Å². The summed E-state index contributed by atoms with van der Waals surface area (Å²) in [7, 11) is 0. The summed E-state index contributed by atoms with van der Waals surface area (Å²) in [5, 5.41) is 5.28. The third kappa shape index (κ3) is 4.23. The quantitative estimate of drug-likeness (QED) is 0.448. The molecule has 0 radical (unpaired) electrons. The Morgan fingerprint density at radius 1 is 1.12 bits per heavy atom. The van der Waals surface area contributed by atoms with E-state index in [-0.39, 0.29) is 12.0 Å². The molecule has 1 N–H and O–H groups in total.